The molecule has 0 spiro atoms. The fourth-order valence-corrected chi connectivity index (χ4v) is 3.20. The average Bonchev–Trinajstić information content (AvgIpc) is 2.67. The number of anilines is 1. The highest BCUT2D eigenvalue weighted by Crippen LogP contribution is 2.26. The minimum atomic E-state index is -0.456. The number of rotatable bonds is 5. The number of carbonyl (C=O) groups is 2. The van der Waals surface area contributed by atoms with Gasteiger partial charge in [0.25, 0.3) is 0 Å². The van der Waals surface area contributed by atoms with Crippen molar-refractivity contribution in [3.8, 4) is 11.1 Å². The lowest BCUT2D eigenvalue weighted by Crippen LogP contribution is -2.11. The van der Waals surface area contributed by atoms with E-state index in [2.05, 4.69) is 21.2 Å². The van der Waals surface area contributed by atoms with Gasteiger partial charge in [0.1, 0.15) is 0 Å². The van der Waals surface area contributed by atoms with Crippen LogP contribution in [0.2, 0.25) is 0 Å². The van der Waals surface area contributed by atoms with Gasteiger partial charge in [0.2, 0.25) is 11.8 Å². The van der Waals surface area contributed by atoms with Gasteiger partial charge in [-0.25, -0.2) is 0 Å². The van der Waals surface area contributed by atoms with Gasteiger partial charge in [-0.1, -0.05) is 46.3 Å². The molecule has 3 aromatic carbocycles. The quantitative estimate of drug-likeness (QED) is 0.543. The van der Waals surface area contributed by atoms with E-state index in [1.54, 1.807) is 18.2 Å². The fourth-order valence-electron chi connectivity index (χ4n) is 2.79. The van der Waals surface area contributed by atoms with Crippen LogP contribution in [-0.2, 0) is 4.79 Å². The average molecular weight is 435 g/mol. The number of aryl methyl sites for hydroxylation is 1. The van der Waals surface area contributed by atoms with Crippen molar-refractivity contribution >= 4 is 39.5 Å². The van der Waals surface area contributed by atoms with Crippen molar-refractivity contribution in [2.24, 2.45) is 5.73 Å². The molecule has 3 aromatic rings. The third kappa shape index (κ3) is 4.96. The van der Waals surface area contributed by atoms with Crippen molar-refractivity contribution in [2.75, 3.05) is 5.32 Å². The molecule has 3 N–H and O–H groups in total. The summed E-state index contributed by atoms with van der Waals surface area (Å²) in [5.74, 6) is -0.665. The molecular weight excluding hydrogens is 416 g/mol. The van der Waals surface area contributed by atoms with E-state index in [0.717, 1.165) is 26.7 Å². The van der Waals surface area contributed by atoms with Crippen LogP contribution in [-0.4, -0.2) is 11.8 Å². The largest absolute Gasteiger partial charge is 0.366 e. The summed E-state index contributed by atoms with van der Waals surface area (Å²) >= 11 is 3.41. The van der Waals surface area contributed by atoms with Gasteiger partial charge < -0.3 is 11.1 Å². The lowest BCUT2D eigenvalue weighted by Gasteiger charge is -2.09. The van der Waals surface area contributed by atoms with Gasteiger partial charge in [-0.2, -0.15) is 0 Å². The Morgan fingerprint density at radius 1 is 1.00 bits per heavy atom. The Kier molecular flexibility index (Phi) is 6.06. The highest BCUT2D eigenvalue weighted by molar-refractivity contribution is 9.10. The number of amides is 2. The van der Waals surface area contributed by atoms with Gasteiger partial charge in [-0.15, -0.1) is 0 Å². The van der Waals surface area contributed by atoms with Crippen molar-refractivity contribution in [3.63, 3.8) is 0 Å². The highest BCUT2D eigenvalue weighted by atomic mass is 79.9. The van der Waals surface area contributed by atoms with E-state index in [-0.39, 0.29) is 5.91 Å². The van der Waals surface area contributed by atoms with E-state index in [4.69, 9.17) is 5.73 Å². The summed E-state index contributed by atoms with van der Waals surface area (Å²) in [5, 5.41) is 2.84. The fraction of sp³-hybridized carbons (Fsp3) is 0.0435. The first-order chi connectivity index (χ1) is 13.4. The molecule has 0 aromatic heterocycles. The van der Waals surface area contributed by atoms with Crippen LogP contribution in [0.1, 0.15) is 21.5 Å². The van der Waals surface area contributed by atoms with Crippen molar-refractivity contribution < 1.29 is 9.59 Å². The van der Waals surface area contributed by atoms with Crippen LogP contribution >= 0.6 is 15.9 Å². The zero-order valence-electron chi connectivity index (χ0n) is 15.3. The zero-order chi connectivity index (χ0) is 20.1. The van der Waals surface area contributed by atoms with Gasteiger partial charge in [-0.05, 0) is 71.7 Å². The van der Waals surface area contributed by atoms with Crippen LogP contribution in [0.25, 0.3) is 17.2 Å². The summed E-state index contributed by atoms with van der Waals surface area (Å²) in [4.78, 5) is 23.6. The third-order valence-electron chi connectivity index (χ3n) is 4.26. The summed E-state index contributed by atoms with van der Waals surface area (Å²) in [7, 11) is 0. The van der Waals surface area contributed by atoms with Gasteiger partial charge in [0.15, 0.2) is 0 Å². The van der Waals surface area contributed by atoms with E-state index in [0.29, 0.717) is 11.3 Å². The Morgan fingerprint density at radius 2 is 1.75 bits per heavy atom. The second-order valence-electron chi connectivity index (χ2n) is 6.35. The molecule has 3 rings (SSSR count). The molecule has 0 unspecified atom stereocenters. The van der Waals surface area contributed by atoms with Crippen molar-refractivity contribution in [3.05, 3.63) is 94.0 Å². The molecule has 0 fully saturated rings. The molecule has 2 amide bonds. The molecule has 0 saturated carbocycles. The first-order valence-corrected chi connectivity index (χ1v) is 9.47. The standard InChI is InChI=1S/C23H19BrN2O2/c1-15-5-7-18(23(25)28)14-21(15)17-8-10-20(11-9-17)26-22(27)12-6-16-3-2-4-19(24)13-16/h2-14H,1H3,(H2,25,28)(H,26,27)/b12-6+. The second-order valence-corrected chi connectivity index (χ2v) is 7.26. The molecule has 5 heteroatoms. The predicted octanol–water partition coefficient (Wildman–Crippen LogP) is 5.18. The van der Waals surface area contributed by atoms with Crippen LogP contribution in [0.15, 0.2) is 77.3 Å². The maximum Gasteiger partial charge on any atom is 0.248 e. The molecule has 0 aliphatic carbocycles. The van der Waals surface area contributed by atoms with Gasteiger partial charge >= 0.3 is 0 Å². The first-order valence-electron chi connectivity index (χ1n) is 8.68. The summed E-state index contributed by atoms with van der Waals surface area (Å²) in [6.07, 6.45) is 3.25. The van der Waals surface area contributed by atoms with E-state index in [1.165, 1.54) is 6.08 Å². The Labute approximate surface area is 172 Å². The molecule has 0 bridgehead atoms. The van der Waals surface area contributed by atoms with Crippen molar-refractivity contribution in [2.45, 2.75) is 6.92 Å². The number of carbonyl (C=O) groups excluding carboxylic acids is 2. The molecule has 0 saturated heterocycles. The van der Waals surface area contributed by atoms with Crippen molar-refractivity contribution in [1.82, 2.24) is 0 Å². The van der Waals surface area contributed by atoms with Crippen LogP contribution < -0.4 is 11.1 Å². The summed E-state index contributed by atoms with van der Waals surface area (Å²) in [6.45, 7) is 1.97. The minimum Gasteiger partial charge on any atom is -0.366 e. The third-order valence-corrected chi connectivity index (χ3v) is 4.75. The SMILES string of the molecule is Cc1ccc(C(N)=O)cc1-c1ccc(NC(=O)/C=C/c2cccc(Br)c2)cc1. The number of nitrogens with two attached hydrogens (primary N) is 1. The van der Waals surface area contributed by atoms with Gasteiger partial charge in [-0.3, -0.25) is 9.59 Å². The zero-order valence-corrected chi connectivity index (χ0v) is 16.9. The molecule has 0 radical (unpaired) electrons. The predicted molar refractivity (Wildman–Crippen MR) is 117 cm³/mol. The van der Waals surface area contributed by atoms with Gasteiger partial charge in [0, 0.05) is 21.8 Å². The van der Waals surface area contributed by atoms with Crippen LogP contribution in [0, 0.1) is 6.92 Å². The highest BCUT2D eigenvalue weighted by Gasteiger charge is 2.07. The maximum atomic E-state index is 12.1. The number of halogens is 1. The first kappa shape index (κ1) is 19.6. The molecule has 140 valence electrons. The maximum absolute atomic E-state index is 12.1. The molecule has 0 atom stereocenters. The van der Waals surface area contributed by atoms with Crippen molar-refractivity contribution in [1.29, 1.82) is 0 Å². The Balaban J connectivity index is 1.72. The van der Waals surface area contributed by atoms with E-state index < -0.39 is 5.91 Å². The lowest BCUT2D eigenvalue weighted by atomic mass is 9.97. The molecule has 0 aliphatic heterocycles. The van der Waals surface area contributed by atoms with Gasteiger partial charge in [0.05, 0.1) is 0 Å². The van der Waals surface area contributed by atoms with Crippen LogP contribution in [0.3, 0.4) is 0 Å². The smallest absolute Gasteiger partial charge is 0.248 e. The number of hydrogen-bond donors (Lipinski definition) is 2. The summed E-state index contributed by atoms with van der Waals surface area (Å²) < 4.78 is 0.960. The van der Waals surface area contributed by atoms with E-state index in [1.807, 2.05) is 61.5 Å². The normalized spacial score (nSPS) is 10.8. The molecule has 4 nitrogen and oxygen atoms in total. The van der Waals surface area contributed by atoms with E-state index in [9.17, 15) is 9.59 Å². The topological polar surface area (TPSA) is 72.2 Å². The molecule has 28 heavy (non-hydrogen) atoms. The molecule has 0 aliphatic rings. The van der Waals surface area contributed by atoms with Crippen LogP contribution in [0.4, 0.5) is 5.69 Å². The Bertz CT molecular complexity index is 1060. The Morgan fingerprint density at radius 3 is 2.43 bits per heavy atom. The number of benzene rings is 3. The van der Waals surface area contributed by atoms with E-state index >= 15 is 0 Å². The monoisotopic (exact) mass is 434 g/mol. The minimum absolute atomic E-state index is 0.209. The lowest BCUT2D eigenvalue weighted by molar-refractivity contribution is -0.111. The summed E-state index contributed by atoms with van der Waals surface area (Å²) in [5.41, 5.74) is 10.4. The molecular formula is C23H19BrN2O2. The second kappa shape index (κ2) is 8.67. The Hall–Kier alpha value is -3.18. The summed E-state index contributed by atoms with van der Waals surface area (Å²) in [6, 6.07) is 20.5. The number of primary amides is 1. The van der Waals surface area contributed by atoms with Crippen LogP contribution in [0.5, 0.6) is 0 Å². The number of nitrogens with one attached hydrogen (secondary N) is 1. The number of hydrogen-bond acceptors (Lipinski definition) is 2. The molecule has 0 heterocycles.